The Morgan fingerprint density at radius 2 is 2.45 bits per heavy atom. The second-order valence-electron chi connectivity index (χ2n) is 4.75. The van der Waals surface area contributed by atoms with Crippen molar-refractivity contribution in [2.75, 3.05) is 31.7 Å². The smallest absolute Gasteiger partial charge is 0.331 e. The molecular formula is C13H19N3O4. The number of nitrogens with one attached hydrogen (secondary N) is 1. The highest BCUT2D eigenvalue weighted by Gasteiger charge is 2.21. The lowest BCUT2D eigenvalue weighted by molar-refractivity contribution is -0.386. The molecule has 0 saturated carbocycles. The number of hydrogen-bond donors (Lipinski definition) is 1. The number of pyridine rings is 1. The lowest BCUT2D eigenvalue weighted by Gasteiger charge is -2.11. The van der Waals surface area contributed by atoms with Crippen molar-refractivity contribution in [2.24, 2.45) is 5.92 Å². The predicted octanol–water partition coefficient (Wildman–Crippen LogP) is 2.23. The van der Waals surface area contributed by atoms with Crippen molar-refractivity contribution < 1.29 is 14.4 Å². The molecular weight excluding hydrogens is 262 g/mol. The van der Waals surface area contributed by atoms with Crippen LogP contribution in [0.25, 0.3) is 0 Å². The van der Waals surface area contributed by atoms with Crippen LogP contribution in [0.5, 0.6) is 5.88 Å². The monoisotopic (exact) mass is 281 g/mol. The highest BCUT2D eigenvalue weighted by atomic mass is 16.6. The standard InChI is InChI=1S/C13H19N3O4/c1-2-6-14-12-4-3-11(16(17)18)13(15-12)20-9-10-5-7-19-8-10/h3-4,10H,2,5-9H2,1H3,(H,14,15). The molecule has 7 nitrogen and oxygen atoms in total. The van der Waals surface area contributed by atoms with Crippen molar-refractivity contribution in [3.63, 3.8) is 0 Å². The van der Waals surface area contributed by atoms with E-state index in [9.17, 15) is 10.1 Å². The van der Waals surface area contributed by atoms with Crippen LogP contribution in [0.3, 0.4) is 0 Å². The van der Waals surface area contributed by atoms with Gasteiger partial charge in [-0.3, -0.25) is 10.1 Å². The third-order valence-electron chi connectivity index (χ3n) is 3.07. The van der Waals surface area contributed by atoms with E-state index in [1.807, 2.05) is 6.92 Å². The summed E-state index contributed by atoms with van der Waals surface area (Å²) in [6, 6.07) is 3.02. The van der Waals surface area contributed by atoms with Crippen molar-refractivity contribution in [2.45, 2.75) is 19.8 Å². The van der Waals surface area contributed by atoms with Crippen LogP contribution in [0.2, 0.25) is 0 Å². The molecule has 1 aliphatic heterocycles. The summed E-state index contributed by atoms with van der Waals surface area (Å²) in [5.74, 6) is 0.946. The topological polar surface area (TPSA) is 86.5 Å². The van der Waals surface area contributed by atoms with E-state index in [2.05, 4.69) is 10.3 Å². The van der Waals surface area contributed by atoms with E-state index < -0.39 is 4.92 Å². The molecule has 0 bridgehead atoms. The van der Waals surface area contributed by atoms with Gasteiger partial charge in [-0.2, -0.15) is 4.98 Å². The van der Waals surface area contributed by atoms with E-state index in [1.54, 1.807) is 6.07 Å². The molecule has 2 heterocycles. The van der Waals surface area contributed by atoms with Gasteiger partial charge in [0.15, 0.2) is 0 Å². The maximum atomic E-state index is 11.0. The van der Waals surface area contributed by atoms with Gasteiger partial charge in [-0.15, -0.1) is 0 Å². The molecule has 1 atom stereocenters. The van der Waals surface area contributed by atoms with Crippen LogP contribution in [-0.4, -0.2) is 36.3 Å². The van der Waals surface area contributed by atoms with Crippen molar-refractivity contribution in [1.29, 1.82) is 0 Å². The number of ether oxygens (including phenoxy) is 2. The molecule has 0 radical (unpaired) electrons. The second kappa shape index (κ2) is 7.04. The summed E-state index contributed by atoms with van der Waals surface area (Å²) in [4.78, 5) is 14.7. The molecule has 110 valence electrons. The van der Waals surface area contributed by atoms with E-state index in [-0.39, 0.29) is 17.5 Å². The molecule has 0 spiro atoms. The minimum atomic E-state index is -0.475. The van der Waals surface area contributed by atoms with E-state index >= 15 is 0 Å². The summed E-state index contributed by atoms with van der Waals surface area (Å²) in [6.45, 7) is 4.56. The van der Waals surface area contributed by atoms with E-state index in [0.29, 0.717) is 19.0 Å². The first kappa shape index (κ1) is 14.5. The van der Waals surface area contributed by atoms with Crippen LogP contribution in [0.15, 0.2) is 12.1 Å². The van der Waals surface area contributed by atoms with Crippen molar-refractivity contribution in [1.82, 2.24) is 4.98 Å². The fraction of sp³-hybridized carbons (Fsp3) is 0.615. The zero-order valence-corrected chi connectivity index (χ0v) is 11.5. The Morgan fingerprint density at radius 3 is 3.10 bits per heavy atom. The van der Waals surface area contributed by atoms with Crippen LogP contribution in [0, 0.1) is 16.0 Å². The van der Waals surface area contributed by atoms with Crippen molar-refractivity contribution >= 4 is 11.5 Å². The Morgan fingerprint density at radius 1 is 1.60 bits per heavy atom. The minimum Gasteiger partial charge on any atom is -0.472 e. The number of nitrogens with zero attached hydrogens (tertiary/aromatic N) is 2. The summed E-state index contributed by atoms with van der Waals surface area (Å²) in [5.41, 5.74) is -0.106. The van der Waals surface area contributed by atoms with Crippen LogP contribution < -0.4 is 10.1 Å². The summed E-state index contributed by atoms with van der Waals surface area (Å²) in [5, 5.41) is 14.1. The molecule has 1 aliphatic rings. The van der Waals surface area contributed by atoms with Crippen LogP contribution in [0.4, 0.5) is 11.5 Å². The second-order valence-corrected chi connectivity index (χ2v) is 4.75. The van der Waals surface area contributed by atoms with Gasteiger partial charge in [0.25, 0.3) is 5.88 Å². The molecule has 1 N–H and O–H groups in total. The molecule has 0 aliphatic carbocycles. The quantitative estimate of drug-likeness (QED) is 0.609. The van der Waals surface area contributed by atoms with Crippen LogP contribution in [-0.2, 0) is 4.74 Å². The van der Waals surface area contributed by atoms with Gasteiger partial charge in [0.05, 0.1) is 18.1 Å². The van der Waals surface area contributed by atoms with Gasteiger partial charge in [-0.05, 0) is 18.9 Å². The normalized spacial score (nSPS) is 17.9. The first-order valence-corrected chi connectivity index (χ1v) is 6.80. The van der Waals surface area contributed by atoms with E-state index in [4.69, 9.17) is 9.47 Å². The van der Waals surface area contributed by atoms with Crippen molar-refractivity contribution in [3.05, 3.63) is 22.2 Å². The van der Waals surface area contributed by atoms with Gasteiger partial charge in [0.2, 0.25) is 0 Å². The molecule has 2 rings (SSSR count). The molecule has 1 saturated heterocycles. The number of anilines is 1. The largest absolute Gasteiger partial charge is 0.472 e. The van der Waals surface area contributed by atoms with Gasteiger partial charge in [0, 0.05) is 25.1 Å². The zero-order valence-electron chi connectivity index (χ0n) is 11.5. The summed E-state index contributed by atoms with van der Waals surface area (Å²) < 4.78 is 10.8. The van der Waals surface area contributed by atoms with Gasteiger partial charge in [0.1, 0.15) is 5.82 Å². The van der Waals surface area contributed by atoms with Crippen molar-refractivity contribution in [3.8, 4) is 5.88 Å². The number of aromatic nitrogens is 1. The summed E-state index contributed by atoms with van der Waals surface area (Å²) in [7, 11) is 0. The van der Waals surface area contributed by atoms with Crippen LogP contribution in [0.1, 0.15) is 19.8 Å². The fourth-order valence-electron chi connectivity index (χ4n) is 1.94. The average molecular weight is 281 g/mol. The highest BCUT2D eigenvalue weighted by Crippen LogP contribution is 2.27. The predicted molar refractivity (Wildman–Crippen MR) is 74.1 cm³/mol. The summed E-state index contributed by atoms with van der Waals surface area (Å²) >= 11 is 0. The number of rotatable bonds is 7. The van der Waals surface area contributed by atoms with Gasteiger partial charge in [-0.1, -0.05) is 6.92 Å². The fourth-order valence-corrected chi connectivity index (χ4v) is 1.94. The third-order valence-corrected chi connectivity index (χ3v) is 3.07. The lowest BCUT2D eigenvalue weighted by atomic mass is 10.1. The van der Waals surface area contributed by atoms with Crippen LogP contribution >= 0.6 is 0 Å². The molecule has 1 aromatic heterocycles. The first-order chi connectivity index (χ1) is 9.70. The van der Waals surface area contributed by atoms with Gasteiger partial charge < -0.3 is 14.8 Å². The minimum absolute atomic E-state index is 0.0722. The zero-order chi connectivity index (χ0) is 14.4. The number of hydrogen-bond acceptors (Lipinski definition) is 6. The molecule has 0 amide bonds. The summed E-state index contributed by atoms with van der Waals surface area (Å²) in [6.07, 6.45) is 1.87. The van der Waals surface area contributed by atoms with Gasteiger partial charge in [-0.25, -0.2) is 0 Å². The lowest BCUT2D eigenvalue weighted by Crippen LogP contribution is -2.13. The SMILES string of the molecule is CCCNc1ccc([N+](=O)[O-])c(OCC2CCOC2)n1. The average Bonchev–Trinajstić information content (AvgIpc) is 2.96. The maximum Gasteiger partial charge on any atom is 0.331 e. The van der Waals surface area contributed by atoms with Gasteiger partial charge >= 0.3 is 5.69 Å². The number of nitro groups is 1. The molecule has 1 unspecified atom stereocenters. The molecule has 1 aromatic rings. The molecule has 0 aromatic carbocycles. The third kappa shape index (κ3) is 3.80. The Bertz CT molecular complexity index is 461. The van der Waals surface area contributed by atoms with E-state index in [1.165, 1.54) is 6.07 Å². The van der Waals surface area contributed by atoms with E-state index in [0.717, 1.165) is 26.0 Å². The Labute approximate surface area is 117 Å². The maximum absolute atomic E-state index is 11.0. The Kier molecular flexibility index (Phi) is 5.11. The molecule has 1 fully saturated rings. The first-order valence-electron chi connectivity index (χ1n) is 6.80. The Balaban J connectivity index is 2.06. The molecule has 20 heavy (non-hydrogen) atoms. The highest BCUT2D eigenvalue weighted by molar-refractivity contribution is 5.49. The Hall–Kier alpha value is -1.89. The molecule has 7 heteroatoms.